The molecule has 118 valence electrons. The predicted molar refractivity (Wildman–Crippen MR) is 64.4 cm³/mol. The number of aromatic nitrogens is 3. The molecule has 1 amide bonds. The molecule has 21 heavy (non-hydrogen) atoms. The average Bonchev–Trinajstić information content (AvgIpc) is 2.78. The zero-order valence-corrected chi connectivity index (χ0v) is 11.5. The molecule has 1 rings (SSSR count). The lowest BCUT2D eigenvalue weighted by Crippen LogP contribution is -2.36. The van der Waals surface area contributed by atoms with Crippen molar-refractivity contribution in [2.75, 3.05) is 13.7 Å². The van der Waals surface area contributed by atoms with E-state index < -0.39 is 31.1 Å². The van der Waals surface area contributed by atoms with Crippen LogP contribution in [-0.2, 0) is 22.5 Å². The monoisotopic (exact) mass is 308 g/mol. The maximum atomic E-state index is 12.0. The number of rotatable bonds is 6. The highest BCUT2D eigenvalue weighted by atomic mass is 19.4. The molecule has 1 aromatic heterocycles. The summed E-state index contributed by atoms with van der Waals surface area (Å²) in [7, 11) is 1.17. The number of methoxy groups -OCH3 is 1. The third-order valence-electron chi connectivity index (χ3n) is 2.48. The van der Waals surface area contributed by atoms with Gasteiger partial charge in [0.1, 0.15) is 13.1 Å². The highest BCUT2D eigenvalue weighted by molar-refractivity contribution is 5.88. The van der Waals surface area contributed by atoms with E-state index in [9.17, 15) is 22.8 Å². The number of carbonyl (C=O) groups is 2. The van der Waals surface area contributed by atoms with Crippen molar-refractivity contribution >= 4 is 11.9 Å². The second kappa shape index (κ2) is 7.04. The summed E-state index contributed by atoms with van der Waals surface area (Å²) in [5, 5.41) is 8.94. The number of ether oxygens (including phenoxy) is 1. The first-order valence-corrected chi connectivity index (χ1v) is 6.12. The molecule has 0 aliphatic heterocycles. The van der Waals surface area contributed by atoms with Crippen molar-refractivity contribution in [3.8, 4) is 0 Å². The fourth-order valence-corrected chi connectivity index (χ4v) is 1.59. The van der Waals surface area contributed by atoms with Gasteiger partial charge in [-0.2, -0.15) is 13.2 Å². The summed E-state index contributed by atoms with van der Waals surface area (Å²) >= 11 is 0. The molecule has 0 spiro atoms. The quantitative estimate of drug-likeness (QED) is 0.782. The van der Waals surface area contributed by atoms with E-state index in [4.69, 9.17) is 0 Å². The Morgan fingerprint density at radius 2 is 2.05 bits per heavy atom. The smallest absolute Gasteiger partial charge is 0.405 e. The van der Waals surface area contributed by atoms with Crippen LogP contribution in [0.3, 0.4) is 0 Å². The molecule has 7 nitrogen and oxygen atoms in total. The van der Waals surface area contributed by atoms with Gasteiger partial charge in [-0.25, -0.2) is 9.48 Å². The Kier molecular flexibility index (Phi) is 5.68. The first kappa shape index (κ1) is 16.9. The van der Waals surface area contributed by atoms with E-state index in [1.807, 2.05) is 6.92 Å². The van der Waals surface area contributed by atoms with Gasteiger partial charge < -0.3 is 10.1 Å². The molecule has 0 aliphatic carbocycles. The summed E-state index contributed by atoms with van der Waals surface area (Å²) in [4.78, 5) is 22.9. The zero-order valence-electron chi connectivity index (χ0n) is 11.5. The van der Waals surface area contributed by atoms with Crippen LogP contribution < -0.4 is 5.32 Å². The van der Waals surface area contributed by atoms with Gasteiger partial charge in [-0.05, 0) is 6.42 Å². The largest absolute Gasteiger partial charge is 0.464 e. The Balaban J connectivity index is 2.81. The van der Waals surface area contributed by atoms with Crippen LogP contribution >= 0.6 is 0 Å². The second-order valence-corrected chi connectivity index (χ2v) is 4.18. The van der Waals surface area contributed by atoms with Gasteiger partial charge in [-0.3, -0.25) is 4.79 Å². The lowest BCUT2D eigenvalue weighted by molar-refractivity contribution is -0.138. The lowest BCUT2D eigenvalue weighted by atomic mass is 10.2. The first-order valence-electron chi connectivity index (χ1n) is 6.12. The van der Waals surface area contributed by atoms with E-state index in [1.54, 1.807) is 5.32 Å². The summed E-state index contributed by atoms with van der Waals surface area (Å²) in [5.41, 5.74) is 0.314. The van der Waals surface area contributed by atoms with Crippen molar-refractivity contribution in [2.45, 2.75) is 32.5 Å². The van der Waals surface area contributed by atoms with Crippen LogP contribution in [0.2, 0.25) is 0 Å². The number of nitrogens with one attached hydrogen (secondary N) is 1. The zero-order chi connectivity index (χ0) is 16.0. The summed E-state index contributed by atoms with van der Waals surface area (Å²) in [6.45, 7) is -0.0367. The van der Waals surface area contributed by atoms with Gasteiger partial charge in [-0.15, -0.1) is 5.10 Å². The lowest BCUT2D eigenvalue weighted by Gasteiger charge is -2.09. The summed E-state index contributed by atoms with van der Waals surface area (Å²) < 4.78 is 41.6. The number of nitrogens with zero attached hydrogens (tertiary/aromatic N) is 3. The molecule has 0 aliphatic rings. The van der Waals surface area contributed by atoms with Gasteiger partial charge in [0, 0.05) is 0 Å². The Morgan fingerprint density at radius 1 is 1.38 bits per heavy atom. The molecule has 0 fully saturated rings. The highest BCUT2D eigenvalue weighted by Gasteiger charge is 2.28. The summed E-state index contributed by atoms with van der Waals surface area (Å²) in [5.74, 6) is -1.58. The predicted octanol–water partition coefficient (Wildman–Crippen LogP) is 0.696. The number of hydrogen-bond donors (Lipinski definition) is 1. The third kappa shape index (κ3) is 5.04. The van der Waals surface area contributed by atoms with Crippen molar-refractivity contribution in [3.63, 3.8) is 0 Å². The van der Waals surface area contributed by atoms with Crippen LogP contribution in [0.15, 0.2) is 0 Å². The second-order valence-electron chi connectivity index (χ2n) is 4.18. The number of halogens is 3. The van der Waals surface area contributed by atoms with Gasteiger partial charge in [-0.1, -0.05) is 18.6 Å². The topological polar surface area (TPSA) is 86.1 Å². The van der Waals surface area contributed by atoms with Crippen LogP contribution in [0.5, 0.6) is 0 Å². The molecule has 0 saturated heterocycles. The molecule has 10 heteroatoms. The van der Waals surface area contributed by atoms with Crippen LogP contribution in [0.4, 0.5) is 13.2 Å². The number of carbonyl (C=O) groups excluding carboxylic acids is 2. The minimum atomic E-state index is -4.48. The van der Waals surface area contributed by atoms with Gasteiger partial charge >= 0.3 is 12.1 Å². The Morgan fingerprint density at radius 3 is 2.57 bits per heavy atom. The van der Waals surface area contributed by atoms with Gasteiger partial charge in [0.2, 0.25) is 5.91 Å². The van der Waals surface area contributed by atoms with Crippen molar-refractivity contribution in [3.05, 3.63) is 11.4 Å². The molecule has 0 atom stereocenters. The Hall–Kier alpha value is -2.13. The molecular formula is C11H15F3N4O3. The van der Waals surface area contributed by atoms with Crippen molar-refractivity contribution in [1.29, 1.82) is 0 Å². The van der Waals surface area contributed by atoms with Crippen LogP contribution in [0.25, 0.3) is 0 Å². The number of alkyl halides is 3. The molecular weight excluding hydrogens is 293 g/mol. The van der Waals surface area contributed by atoms with E-state index >= 15 is 0 Å². The normalized spacial score (nSPS) is 11.3. The van der Waals surface area contributed by atoms with Crippen LogP contribution in [0, 0.1) is 0 Å². The van der Waals surface area contributed by atoms with Crippen molar-refractivity contribution in [2.24, 2.45) is 0 Å². The van der Waals surface area contributed by atoms with E-state index in [1.165, 1.54) is 7.11 Å². The average molecular weight is 308 g/mol. The highest BCUT2D eigenvalue weighted by Crippen LogP contribution is 2.13. The summed E-state index contributed by atoms with van der Waals surface area (Å²) in [6, 6.07) is 0. The molecule has 1 aromatic rings. The van der Waals surface area contributed by atoms with Gasteiger partial charge in [0.15, 0.2) is 5.69 Å². The van der Waals surface area contributed by atoms with E-state index in [0.717, 1.165) is 4.68 Å². The number of amides is 1. The van der Waals surface area contributed by atoms with Crippen molar-refractivity contribution in [1.82, 2.24) is 20.3 Å². The number of hydrogen-bond acceptors (Lipinski definition) is 5. The molecule has 1 heterocycles. The SMILES string of the molecule is CCCc1c(C(=O)OC)nnn1CC(=O)NCC(F)(F)F. The van der Waals surface area contributed by atoms with Crippen LogP contribution in [0.1, 0.15) is 29.5 Å². The molecule has 0 radical (unpaired) electrons. The third-order valence-corrected chi connectivity index (χ3v) is 2.48. The molecule has 0 aromatic carbocycles. The Bertz CT molecular complexity index is 513. The molecule has 1 N–H and O–H groups in total. The molecule has 0 unspecified atom stereocenters. The number of esters is 1. The maximum absolute atomic E-state index is 12.0. The van der Waals surface area contributed by atoms with E-state index in [-0.39, 0.29) is 5.69 Å². The maximum Gasteiger partial charge on any atom is 0.405 e. The van der Waals surface area contributed by atoms with E-state index in [0.29, 0.717) is 18.5 Å². The summed E-state index contributed by atoms with van der Waals surface area (Å²) in [6.07, 6.45) is -3.45. The fraction of sp³-hybridized carbons (Fsp3) is 0.636. The molecule has 0 bridgehead atoms. The van der Waals surface area contributed by atoms with E-state index in [2.05, 4.69) is 15.0 Å². The fourth-order valence-electron chi connectivity index (χ4n) is 1.59. The van der Waals surface area contributed by atoms with Gasteiger partial charge in [0.05, 0.1) is 12.8 Å². The van der Waals surface area contributed by atoms with Crippen molar-refractivity contribution < 1.29 is 27.5 Å². The standard InChI is InChI=1S/C11H15F3N4O3/c1-3-4-7-9(10(20)21-2)16-17-18(7)5-8(19)15-6-11(12,13)14/h3-6H2,1-2H3,(H,15,19). The first-order chi connectivity index (χ1) is 9.78. The Labute approximate surface area is 118 Å². The minimum absolute atomic E-state index is 0.0389. The van der Waals surface area contributed by atoms with Gasteiger partial charge in [0.25, 0.3) is 0 Å². The molecule has 0 saturated carbocycles. The van der Waals surface area contributed by atoms with Crippen LogP contribution in [-0.4, -0.2) is 46.7 Å². The minimum Gasteiger partial charge on any atom is -0.464 e.